The molecule has 0 aliphatic carbocycles. The number of aromatic amines is 1. The van der Waals surface area contributed by atoms with Gasteiger partial charge in [0.15, 0.2) is 0 Å². The molecule has 1 unspecified atom stereocenters. The maximum Gasteiger partial charge on any atom is 0.210 e. The Kier molecular flexibility index (Phi) is 4.23. The molecule has 4 nitrogen and oxygen atoms in total. The normalized spacial score (nSPS) is 13.1. The second kappa shape index (κ2) is 5.89. The Hall–Kier alpha value is -1.52. The monoisotopic (exact) mass is 248 g/mol. The van der Waals surface area contributed by atoms with Gasteiger partial charge in [0, 0.05) is 17.1 Å². The average molecular weight is 248 g/mol. The third-order valence-electron chi connectivity index (χ3n) is 2.69. The molecule has 0 amide bonds. The van der Waals surface area contributed by atoms with Gasteiger partial charge in [-0.2, -0.15) is 0 Å². The van der Waals surface area contributed by atoms with E-state index in [1.165, 1.54) is 0 Å². The van der Waals surface area contributed by atoms with E-state index in [1.807, 2.05) is 30.5 Å². The first kappa shape index (κ1) is 12.9. The van der Waals surface area contributed by atoms with Crippen molar-refractivity contribution >= 4 is 10.9 Å². The van der Waals surface area contributed by atoms with Gasteiger partial charge in [0.1, 0.15) is 5.75 Å². The lowest BCUT2D eigenvalue weighted by Gasteiger charge is -2.15. The lowest BCUT2D eigenvalue weighted by Crippen LogP contribution is -2.33. The van der Waals surface area contributed by atoms with E-state index in [0.29, 0.717) is 18.2 Å². The van der Waals surface area contributed by atoms with E-state index in [2.05, 4.69) is 24.1 Å². The third kappa shape index (κ3) is 3.24. The highest BCUT2D eigenvalue weighted by atomic mass is 16.6. The van der Waals surface area contributed by atoms with Crippen molar-refractivity contribution < 1.29 is 9.84 Å². The summed E-state index contributed by atoms with van der Waals surface area (Å²) in [6.07, 6.45) is 1.03. The van der Waals surface area contributed by atoms with E-state index < -0.39 is 6.29 Å². The quantitative estimate of drug-likeness (QED) is 0.686. The fourth-order valence-electron chi connectivity index (χ4n) is 1.84. The number of benzene rings is 1. The van der Waals surface area contributed by atoms with Crippen molar-refractivity contribution in [2.45, 2.75) is 20.1 Å². The predicted molar refractivity (Wildman–Crippen MR) is 72.6 cm³/mol. The molecule has 0 bridgehead atoms. The molecule has 2 rings (SSSR count). The molecular weight excluding hydrogens is 228 g/mol. The van der Waals surface area contributed by atoms with Gasteiger partial charge in [-0.25, -0.2) is 0 Å². The van der Waals surface area contributed by atoms with Crippen molar-refractivity contribution in [3.8, 4) is 5.75 Å². The van der Waals surface area contributed by atoms with Gasteiger partial charge in [-0.1, -0.05) is 19.9 Å². The fraction of sp³-hybridized carbons (Fsp3) is 0.429. The Balaban J connectivity index is 1.94. The molecule has 1 heterocycles. The molecule has 0 spiro atoms. The zero-order chi connectivity index (χ0) is 13.0. The zero-order valence-electron chi connectivity index (χ0n) is 10.8. The number of aromatic nitrogens is 1. The summed E-state index contributed by atoms with van der Waals surface area (Å²) in [7, 11) is 0. The van der Waals surface area contributed by atoms with Crippen molar-refractivity contribution in [2.24, 2.45) is 5.92 Å². The molecule has 1 aromatic carbocycles. The Morgan fingerprint density at radius 1 is 1.28 bits per heavy atom. The van der Waals surface area contributed by atoms with Crippen LogP contribution in [0.5, 0.6) is 5.75 Å². The Morgan fingerprint density at radius 3 is 2.89 bits per heavy atom. The topological polar surface area (TPSA) is 57.3 Å². The highest BCUT2D eigenvalue weighted by Gasteiger charge is 2.09. The smallest absolute Gasteiger partial charge is 0.210 e. The summed E-state index contributed by atoms with van der Waals surface area (Å²) in [5, 5.41) is 14.0. The Bertz CT molecular complexity index is 493. The average Bonchev–Trinajstić information content (AvgIpc) is 2.77. The number of hydrogen-bond acceptors (Lipinski definition) is 3. The van der Waals surface area contributed by atoms with Crippen molar-refractivity contribution in [1.29, 1.82) is 0 Å². The second-order valence-corrected chi connectivity index (χ2v) is 4.82. The number of aliphatic hydroxyl groups excluding tert-OH is 1. The van der Waals surface area contributed by atoms with E-state index >= 15 is 0 Å². The van der Waals surface area contributed by atoms with E-state index in [-0.39, 0.29) is 0 Å². The highest BCUT2D eigenvalue weighted by Crippen LogP contribution is 2.24. The number of H-pyrrole nitrogens is 1. The number of hydrogen-bond donors (Lipinski definition) is 3. The molecule has 1 atom stereocenters. The minimum Gasteiger partial charge on any atom is -0.463 e. The van der Waals surface area contributed by atoms with Crippen LogP contribution < -0.4 is 10.1 Å². The second-order valence-electron chi connectivity index (χ2n) is 4.82. The Morgan fingerprint density at radius 2 is 2.11 bits per heavy atom. The van der Waals surface area contributed by atoms with Crippen molar-refractivity contribution in [3.05, 3.63) is 30.5 Å². The number of rotatable bonds is 6. The molecule has 3 N–H and O–H groups in total. The maximum atomic E-state index is 9.82. The molecule has 4 heteroatoms. The van der Waals surface area contributed by atoms with Crippen molar-refractivity contribution in [2.75, 3.05) is 13.1 Å². The van der Waals surface area contributed by atoms with Crippen molar-refractivity contribution in [1.82, 2.24) is 10.3 Å². The maximum absolute atomic E-state index is 9.82. The minimum atomic E-state index is -0.829. The molecule has 98 valence electrons. The van der Waals surface area contributed by atoms with Gasteiger partial charge in [0.2, 0.25) is 6.29 Å². The van der Waals surface area contributed by atoms with Crippen LogP contribution in [-0.4, -0.2) is 29.5 Å². The first-order valence-electron chi connectivity index (χ1n) is 6.28. The van der Waals surface area contributed by atoms with Crippen LogP contribution in [0.25, 0.3) is 10.9 Å². The number of aliphatic hydroxyl groups is 1. The zero-order valence-corrected chi connectivity index (χ0v) is 10.8. The van der Waals surface area contributed by atoms with Gasteiger partial charge in [-0.05, 0) is 30.7 Å². The first-order chi connectivity index (χ1) is 8.66. The van der Waals surface area contributed by atoms with Crippen LogP contribution in [0.15, 0.2) is 30.5 Å². The van der Waals surface area contributed by atoms with Gasteiger partial charge < -0.3 is 20.1 Å². The van der Waals surface area contributed by atoms with Gasteiger partial charge in [0.25, 0.3) is 0 Å². The van der Waals surface area contributed by atoms with Crippen LogP contribution in [0.2, 0.25) is 0 Å². The summed E-state index contributed by atoms with van der Waals surface area (Å²) in [5.41, 5.74) is 1.01. The summed E-state index contributed by atoms with van der Waals surface area (Å²) < 4.78 is 5.54. The summed E-state index contributed by atoms with van der Waals surface area (Å²) in [6.45, 7) is 5.55. The van der Waals surface area contributed by atoms with Crippen LogP contribution in [0, 0.1) is 5.92 Å². The van der Waals surface area contributed by atoms with Gasteiger partial charge in [-0.3, -0.25) is 0 Å². The molecule has 0 saturated heterocycles. The standard InChI is InChI=1S/C14H20N2O2/c1-10(2)8-15-9-14(17)18-13-5-3-4-12-11(13)6-7-16-12/h3-7,10,14-17H,8-9H2,1-2H3. The predicted octanol–water partition coefficient (Wildman–Crippen LogP) is 2.11. The number of nitrogens with one attached hydrogen (secondary N) is 2. The molecule has 0 aliphatic rings. The van der Waals surface area contributed by atoms with E-state index in [4.69, 9.17) is 4.74 Å². The van der Waals surface area contributed by atoms with Crippen LogP contribution in [-0.2, 0) is 0 Å². The molecule has 18 heavy (non-hydrogen) atoms. The van der Waals surface area contributed by atoms with Crippen LogP contribution in [0.3, 0.4) is 0 Å². The summed E-state index contributed by atoms with van der Waals surface area (Å²) in [4.78, 5) is 3.11. The summed E-state index contributed by atoms with van der Waals surface area (Å²) >= 11 is 0. The lowest BCUT2D eigenvalue weighted by molar-refractivity contribution is -0.0143. The minimum absolute atomic E-state index is 0.430. The molecular formula is C14H20N2O2. The molecule has 0 saturated carbocycles. The van der Waals surface area contributed by atoms with Crippen LogP contribution >= 0.6 is 0 Å². The van der Waals surface area contributed by atoms with E-state index in [0.717, 1.165) is 17.4 Å². The van der Waals surface area contributed by atoms with Crippen LogP contribution in [0.1, 0.15) is 13.8 Å². The van der Waals surface area contributed by atoms with Gasteiger partial charge in [0.05, 0.1) is 6.54 Å². The Labute approximate surface area is 107 Å². The fourth-order valence-corrected chi connectivity index (χ4v) is 1.84. The molecule has 0 fully saturated rings. The number of ether oxygens (including phenoxy) is 1. The summed E-state index contributed by atoms with van der Waals surface area (Å²) in [5.74, 6) is 1.26. The summed E-state index contributed by atoms with van der Waals surface area (Å²) in [6, 6.07) is 7.69. The largest absolute Gasteiger partial charge is 0.463 e. The van der Waals surface area contributed by atoms with E-state index in [9.17, 15) is 5.11 Å². The molecule has 0 radical (unpaired) electrons. The third-order valence-corrected chi connectivity index (χ3v) is 2.69. The molecule has 0 aliphatic heterocycles. The number of fused-ring (bicyclic) bond motifs is 1. The van der Waals surface area contributed by atoms with Gasteiger partial charge in [-0.15, -0.1) is 0 Å². The van der Waals surface area contributed by atoms with Crippen LogP contribution in [0.4, 0.5) is 0 Å². The highest BCUT2D eigenvalue weighted by molar-refractivity contribution is 5.85. The lowest BCUT2D eigenvalue weighted by atomic mass is 10.2. The van der Waals surface area contributed by atoms with Gasteiger partial charge >= 0.3 is 0 Å². The van der Waals surface area contributed by atoms with E-state index in [1.54, 1.807) is 0 Å². The van der Waals surface area contributed by atoms with Crippen molar-refractivity contribution in [3.63, 3.8) is 0 Å². The first-order valence-corrected chi connectivity index (χ1v) is 6.28. The molecule has 1 aromatic heterocycles. The molecule has 2 aromatic rings. The SMILES string of the molecule is CC(C)CNCC(O)Oc1cccc2[nH]ccc12.